The Bertz CT molecular complexity index is 1330. The molecule has 0 saturated carbocycles. The van der Waals surface area contributed by atoms with Crippen LogP contribution in [-0.2, 0) is 9.53 Å². The van der Waals surface area contributed by atoms with Crippen LogP contribution in [0.15, 0.2) is 91.5 Å². The smallest absolute Gasteiger partial charge is 0.253 e. The number of carbonyl (C=O) groups excluding carboxylic acids is 1. The van der Waals surface area contributed by atoms with Crippen LogP contribution in [0.5, 0.6) is 0 Å². The molecule has 0 spiro atoms. The molecule has 0 bridgehead atoms. The summed E-state index contributed by atoms with van der Waals surface area (Å²) < 4.78 is 4.97. The van der Waals surface area contributed by atoms with Gasteiger partial charge in [-0.2, -0.15) is 5.26 Å². The van der Waals surface area contributed by atoms with Gasteiger partial charge in [0.15, 0.2) is 0 Å². The molecule has 0 radical (unpaired) electrons. The summed E-state index contributed by atoms with van der Waals surface area (Å²) in [5.41, 5.74) is 4.23. The van der Waals surface area contributed by atoms with Crippen molar-refractivity contribution >= 4 is 22.4 Å². The summed E-state index contributed by atoms with van der Waals surface area (Å²) in [4.78, 5) is 19.1. The average molecular weight is 465 g/mol. The highest BCUT2D eigenvalue weighted by Crippen LogP contribution is 2.32. The van der Waals surface area contributed by atoms with Gasteiger partial charge in [0.25, 0.3) is 5.91 Å². The molecule has 1 saturated heterocycles. The third-order valence-corrected chi connectivity index (χ3v) is 6.15. The molecule has 4 rings (SSSR count). The predicted octanol–water partition coefficient (Wildman–Crippen LogP) is 5.45. The van der Waals surface area contributed by atoms with Gasteiger partial charge in [-0.25, -0.2) is 0 Å². The monoisotopic (exact) mass is 464 g/mol. The number of anilines is 1. The van der Waals surface area contributed by atoms with E-state index in [1.807, 2.05) is 41.4 Å². The average Bonchev–Trinajstić information content (AvgIpc) is 2.91. The molecule has 1 N–H and O–H groups in total. The Morgan fingerprint density at radius 2 is 2.06 bits per heavy atom. The molecule has 2 aromatic carbocycles. The third kappa shape index (κ3) is 5.59. The highest BCUT2D eigenvalue weighted by Gasteiger charge is 2.24. The van der Waals surface area contributed by atoms with Gasteiger partial charge in [-0.15, -0.1) is 0 Å². The van der Waals surface area contributed by atoms with E-state index in [1.54, 1.807) is 31.5 Å². The van der Waals surface area contributed by atoms with Crippen LogP contribution in [0.25, 0.3) is 21.9 Å². The fourth-order valence-electron chi connectivity index (χ4n) is 4.35. The number of hydrogen-bond acceptors (Lipinski definition) is 5. The Labute approximate surface area is 205 Å². The zero-order chi connectivity index (χ0) is 24.6. The molecule has 6 nitrogen and oxygen atoms in total. The highest BCUT2D eigenvalue weighted by atomic mass is 16.5. The van der Waals surface area contributed by atoms with Crippen LogP contribution in [0.3, 0.4) is 0 Å². The number of likely N-dealkylation sites (tertiary alicyclic amines) is 1. The lowest BCUT2D eigenvalue weighted by atomic mass is 9.98. The third-order valence-electron chi connectivity index (χ3n) is 6.15. The van der Waals surface area contributed by atoms with Crippen molar-refractivity contribution in [1.29, 1.82) is 5.26 Å². The normalized spacial score (nSPS) is 14.6. The highest BCUT2D eigenvalue weighted by molar-refractivity contribution is 5.98. The van der Waals surface area contributed by atoms with Gasteiger partial charge in [-0.3, -0.25) is 9.78 Å². The van der Waals surface area contributed by atoms with Crippen molar-refractivity contribution in [2.45, 2.75) is 18.9 Å². The first-order valence-electron chi connectivity index (χ1n) is 11.6. The molecule has 2 heterocycles. The van der Waals surface area contributed by atoms with E-state index < -0.39 is 0 Å². The second-order valence-electron chi connectivity index (χ2n) is 8.42. The van der Waals surface area contributed by atoms with Gasteiger partial charge in [-0.05, 0) is 71.8 Å². The van der Waals surface area contributed by atoms with Gasteiger partial charge in [0.05, 0.1) is 25.0 Å². The molecular formula is C29H28N4O2. The molecule has 0 unspecified atom stereocenters. The molecular weight excluding hydrogens is 436 g/mol. The van der Waals surface area contributed by atoms with Gasteiger partial charge < -0.3 is 15.0 Å². The molecule has 1 amide bonds. The molecule has 0 atom stereocenters. The van der Waals surface area contributed by atoms with Crippen LogP contribution in [0, 0.1) is 11.3 Å². The summed E-state index contributed by atoms with van der Waals surface area (Å²) in [6, 6.07) is 16.3. The number of carbonyl (C=O) groups is 1. The van der Waals surface area contributed by atoms with Gasteiger partial charge in [0.1, 0.15) is 0 Å². The Balaban J connectivity index is 1.53. The Morgan fingerprint density at radius 3 is 2.80 bits per heavy atom. The van der Waals surface area contributed by atoms with E-state index in [4.69, 9.17) is 4.74 Å². The Morgan fingerprint density at radius 1 is 1.23 bits per heavy atom. The number of ether oxygens (including phenoxy) is 1. The first-order valence-corrected chi connectivity index (χ1v) is 11.6. The number of nitrogens with zero attached hydrogens (tertiary/aromatic N) is 3. The van der Waals surface area contributed by atoms with E-state index in [9.17, 15) is 10.1 Å². The largest absolute Gasteiger partial charge is 0.504 e. The van der Waals surface area contributed by atoms with Crippen LogP contribution >= 0.6 is 0 Å². The summed E-state index contributed by atoms with van der Waals surface area (Å²) in [6.45, 7) is 5.02. The van der Waals surface area contributed by atoms with Crippen LogP contribution in [0.4, 0.5) is 5.69 Å². The second kappa shape index (κ2) is 11.2. The fraction of sp³-hybridized carbons (Fsp3) is 0.207. The molecule has 3 aromatic rings. The van der Waals surface area contributed by atoms with Crippen LogP contribution in [-0.4, -0.2) is 42.0 Å². The van der Waals surface area contributed by atoms with Crippen molar-refractivity contribution < 1.29 is 9.53 Å². The minimum Gasteiger partial charge on any atom is -0.504 e. The van der Waals surface area contributed by atoms with Crippen molar-refractivity contribution in [3.8, 4) is 17.2 Å². The van der Waals surface area contributed by atoms with Crippen molar-refractivity contribution in [3.63, 3.8) is 0 Å². The Kier molecular flexibility index (Phi) is 7.59. The minimum atomic E-state index is -0.0225. The first-order chi connectivity index (χ1) is 17.1. The zero-order valence-electron chi connectivity index (χ0n) is 19.8. The van der Waals surface area contributed by atoms with E-state index in [-0.39, 0.29) is 11.9 Å². The maximum absolute atomic E-state index is 12.9. The van der Waals surface area contributed by atoms with E-state index in [0.717, 1.165) is 40.4 Å². The molecule has 35 heavy (non-hydrogen) atoms. The van der Waals surface area contributed by atoms with Gasteiger partial charge in [0, 0.05) is 48.2 Å². The summed E-state index contributed by atoms with van der Waals surface area (Å²) >= 11 is 0. The van der Waals surface area contributed by atoms with Crippen molar-refractivity contribution in [1.82, 2.24) is 9.88 Å². The number of benzene rings is 2. The number of hydrogen-bond donors (Lipinski definition) is 1. The lowest BCUT2D eigenvalue weighted by Gasteiger charge is -2.33. The maximum Gasteiger partial charge on any atom is 0.253 e. The number of fused-ring (bicyclic) bond motifs is 1. The number of pyridine rings is 1. The van der Waals surface area contributed by atoms with Gasteiger partial charge in [-0.1, -0.05) is 24.8 Å². The van der Waals surface area contributed by atoms with Crippen molar-refractivity contribution in [2.24, 2.45) is 0 Å². The summed E-state index contributed by atoms with van der Waals surface area (Å²) in [5.74, 6) is -0.0225. The van der Waals surface area contributed by atoms with Crippen molar-refractivity contribution in [2.75, 3.05) is 25.5 Å². The van der Waals surface area contributed by atoms with E-state index in [2.05, 4.69) is 35.1 Å². The fourth-order valence-corrected chi connectivity index (χ4v) is 4.35. The zero-order valence-corrected chi connectivity index (χ0v) is 19.8. The number of rotatable bonds is 7. The van der Waals surface area contributed by atoms with Gasteiger partial charge in [0.2, 0.25) is 0 Å². The standard InChI is InChI=1S/C29H28N4O2/c1-3-5-22(11-15-35-2)29(34)33-13-9-26(10-14-33)32-28-18-25(17-24-8-12-31-20-27(24)28)23-7-4-6-21(16-23)19-30/h3-8,11-12,15-18,20,26,32H,1,9-10,13-14H2,2H3. The molecule has 1 fully saturated rings. The number of piperidine rings is 1. The minimum absolute atomic E-state index is 0.0225. The summed E-state index contributed by atoms with van der Waals surface area (Å²) in [5, 5.41) is 15.1. The number of methoxy groups -OCH3 is 1. The SMILES string of the molecule is C=CC=C(C=COC)C(=O)N1CCC(Nc2cc(-c3cccc(C#N)c3)cc3ccncc23)CC1. The van der Waals surface area contributed by atoms with E-state index in [0.29, 0.717) is 24.2 Å². The summed E-state index contributed by atoms with van der Waals surface area (Å²) in [6.07, 6.45) is 11.8. The van der Waals surface area contributed by atoms with Crippen LogP contribution in [0.2, 0.25) is 0 Å². The number of nitriles is 1. The molecule has 176 valence electrons. The van der Waals surface area contributed by atoms with Gasteiger partial charge >= 0.3 is 0 Å². The molecule has 6 heteroatoms. The van der Waals surface area contributed by atoms with E-state index in [1.165, 1.54) is 6.26 Å². The lowest BCUT2D eigenvalue weighted by Crippen LogP contribution is -2.42. The summed E-state index contributed by atoms with van der Waals surface area (Å²) in [7, 11) is 1.55. The number of aromatic nitrogens is 1. The quantitative estimate of drug-likeness (QED) is 0.286. The predicted molar refractivity (Wildman–Crippen MR) is 140 cm³/mol. The first kappa shape index (κ1) is 23.8. The maximum atomic E-state index is 12.9. The van der Waals surface area contributed by atoms with Crippen molar-refractivity contribution in [3.05, 3.63) is 97.1 Å². The second-order valence-corrected chi connectivity index (χ2v) is 8.42. The number of amides is 1. The number of nitrogens with one attached hydrogen (secondary N) is 1. The lowest BCUT2D eigenvalue weighted by molar-refractivity contribution is -0.127. The molecule has 1 aromatic heterocycles. The van der Waals surface area contributed by atoms with Crippen LogP contribution < -0.4 is 5.32 Å². The number of allylic oxidation sites excluding steroid dienone is 2. The molecule has 1 aliphatic heterocycles. The molecule has 0 aliphatic carbocycles. The van der Waals surface area contributed by atoms with Crippen LogP contribution in [0.1, 0.15) is 18.4 Å². The Hall–Kier alpha value is -4.37. The topological polar surface area (TPSA) is 78.2 Å². The molecule has 1 aliphatic rings. The van der Waals surface area contributed by atoms with E-state index >= 15 is 0 Å².